The molecule has 1 aromatic rings. The first-order valence-electron chi connectivity index (χ1n) is 4.11. The topological polar surface area (TPSA) is 17.1 Å². The fraction of sp³-hybridized carbons (Fsp3) is 0.364. The number of benzene rings is 1. The van der Waals surface area contributed by atoms with Gasteiger partial charge in [-0.1, -0.05) is 17.7 Å². The minimum absolute atomic E-state index is 0.157. The van der Waals surface area contributed by atoms with Gasteiger partial charge in [0, 0.05) is 5.56 Å². The molecule has 0 unspecified atom stereocenters. The van der Waals surface area contributed by atoms with Crippen molar-refractivity contribution in [1.29, 1.82) is 0 Å². The van der Waals surface area contributed by atoms with Gasteiger partial charge in [-0.05, 0) is 38.8 Å². The molecule has 0 aliphatic rings. The van der Waals surface area contributed by atoms with Crippen molar-refractivity contribution in [3.8, 4) is 0 Å². The van der Waals surface area contributed by atoms with Crippen LogP contribution in [0.2, 0.25) is 0 Å². The summed E-state index contributed by atoms with van der Waals surface area (Å²) in [7, 11) is 0. The van der Waals surface area contributed by atoms with E-state index in [9.17, 15) is 4.79 Å². The number of Topliss-reactive ketones (excluding diaryl/α,β-unsaturated/α-hetero) is 1. The second-order valence-corrected chi connectivity index (χ2v) is 3.33. The number of hydrogen-bond acceptors (Lipinski definition) is 1. The van der Waals surface area contributed by atoms with Crippen LogP contribution in [0.25, 0.3) is 0 Å². The van der Waals surface area contributed by atoms with Crippen molar-refractivity contribution in [2.75, 3.05) is 0 Å². The largest absolute Gasteiger partial charge is 0.294 e. The fourth-order valence-corrected chi connectivity index (χ4v) is 1.74. The summed E-state index contributed by atoms with van der Waals surface area (Å²) < 4.78 is 0. The van der Waals surface area contributed by atoms with E-state index in [4.69, 9.17) is 0 Å². The van der Waals surface area contributed by atoms with Gasteiger partial charge in [0.2, 0.25) is 0 Å². The Hall–Kier alpha value is -1.11. The number of carbonyl (C=O) groups is 1. The minimum Gasteiger partial charge on any atom is -0.294 e. The molecule has 0 saturated carbocycles. The van der Waals surface area contributed by atoms with Crippen LogP contribution in [0.4, 0.5) is 0 Å². The average molecular weight is 162 g/mol. The smallest absolute Gasteiger partial charge is 0.160 e. The van der Waals surface area contributed by atoms with Crippen LogP contribution in [0.15, 0.2) is 12.1 Å². The zero-order valence-electron chi connectivity index (χ0n) is 8.06. The molecule has 0 N–H and O–H groups in total. The first-order valence-corrected chi connectivity index (χ1v) is 4.11. The zero-order valence-corrected chi connectivity index (χ0v) is 8.06. The van der Waals surface area contributed by atoms with Gasteiger partial charge in [0.15, 0.2) is 5.78 Å². The van der Waals surface area contributed by atoms with Crippen LogP contribution in [0.5, 0.6) is 0 Å². The number of carbonyl (C=O) groups excluding carboxylic acids is 1. The molecule has 0 saturated heterocycles. The molecule has 1 heteroatoms. The van der Waals surface area contributed by atoms with E-state index < -0.39 is 0 Å². The number of ketones is 1. The molecule has 0 aliphatic carbocycles. The Kier molecular flexibility index (Phi) is 2.32. The van der Waals surface area contributed by atoms with Crippen LogP contribution in [0.1, 0.15) is 34.0 Å². The third-order valence-corrected chi connectivity index (χ3v) is 2.03. The highest BCUT2D eigenvalue weighted by Crippen LogP contribution is 2.16. The normalized spacial score (nSPS) is 10.0. The standard InChI is InChI=1S/C11H14O/c1-7-5-8(2)11(10(4)12)9(3)6-7/h5-6H,1-4H3. The van der Waals surface area contributed by atoms with Crippen molar-refractivity contribution < 1.29 is 4.79 Å². The molecule has 0 spiro atoms. The van der Waals surface area contributed by atoms with Gasteiger partial charge in [0.05, 0.1) is 0 Å². The third kappa shape index (κ3) is 1.55. The highest BCUT2D eigenvalue weighted by Gasteiger charge is 2.07. The van der Waals surface area contributed by atoms with Crippen LogP contribution in [0.3, 0.4) is 0 Å². The van der Waals surface area contributed by atoms with Gasteiger partial charge in [0.1, 0.15) is 0 Å². The molecule has 0 bridgehead atoms. The van der Waals surface area contributed by atoms with Crippen LogP contribution in [-0.4, -0.2) is 5.78 Å². The first kappa shape index (κ1) is 8.98. The van der Waals surface area contributed by atoms with Crippen molar-refractivity contribution >= 4 is 5.78 Å². The molecular formula is C11H14O. The van der Waals surface area contributed by atoms with Crippen molar-refractivity contribution in [2.24, 2.45) is 0 Å². The average Bonchev–Trinajstić information content (AvgIpc) is 1.82. The Bertz CT molecular complexity index is 301. The molecule has 0 aromatic heterocycles. The van der Waals surface area contributed by atoms with Crippen LogP contribution >= 0.6 is 0 Å². The van der Waals surface area contributed by atoms with E-state index >= 15 is 0 Å². The maximum atomic E-state index is 11.2. The Morgan fingerprint density at radius 3 is 1.83 bits per heavy atom. The van der Waals surface area contributed by atoms with Gasteiger partial charge < -0.3 is 0 Å². The monoisotopic (exact) mass is 162 g/mol. The van der Waals surface area contributed by atoms with Crippen molar-refractivity contribution in [3.05, 3.63) is 34.4 Å². The summed E-state index contributed by atoms with van der Waals surface area (Å²) >= 11 is 0. The second kappa shape index (κ2) is 3.10. The lowest BCUT2D eigenvalue weighted by molar-refractivity contribution is 0.101. The molecule has 0 fully saturated rings. The molecule has 12 heavy (non-hydrogen) atoms. The Morgan fingerprint density at radius 2 is 1.50 bits per heavy atom. The van der Waals surface area contributed by atoms with E-state index in [1.165, 1.54) is 5.56 Å². The van der Waals surface area contributed by atoms with Crippen molar-refractivity contribution in [1.82, 2.24) is 0 Å². The Morgan fingerprint density at radius 1 is 1.08 bits per heavy atom. The quantitative estimate of drug-likeness (QED) is 0.580. The molecule has 0 aliphatic heterocycles. The highest BCUT2D eigenvalue weighted by atomic mass is 16.1. The van der Waals surface area contributed by atoms with E-state index in [1.807, 2.05) is 32.9 Å². The Balaban J connectivity index is 3.38. The SMILES string of the molecule is CC(=O)c1c(C)cc(C)cc1C. The summed E-state index contributed by atoms with van der Waals surface area (Å²) in [6, 6.07) is 4.09. The predicted octanol–water partition coefficient (Wildman–Crippen LogP) is 2.81. The van der Waals surface area contributed by atoms with E-state index in [2.05, 4.69) is 0 Å². The Labute approximate surface area is 73.4 Å². The van der Waals surface area contributed by atoms with Gasteiger partial charge in [-0.2, -0.15) is 0 Å². The lowest BCUT2D eigenvalue weighted by Gasteiger charge is -2.07. The van der Waals surface area contributed by atoms with E-state index in [0.717, 1.165) is 16.7 Å². The zero-order chi connectivity index (χ0) is 9.30. The number of aryl methyl sites for hydroxylation is 3. The molecular weight excluding hydrogens is 148 g/mol. The van der Waals surface area contributed by atoms with Gasteiger partial charge >= 0.3 is 0 Å². The molecule has 1 rings (SSSR count). The first-order chi connectivity index (χ1) is 5.52. The third-order valence-electron chi connectivity index (χ3n) is 2.03. The maximum Gasteiger partial charge on any atom is 0.160 e. The predicted molar refractivity (Wildman–Crippen MR) is 50.7 cm³/mol. The summed E-state index contributed by atoms with van der Waals surface area (Å²) in [5.74, 6) is 0.157. The summed E-state index contributed by atoms with van der Waals surface area (Å²) in [5, 5.41) is 0. The lowest BCUT2D eigenvalue weighted by atomic mass is 9.97. The van der Waals surface area contributed by atoms with E-state index in [-0.39, 0.29) is 5.78 Å². The number of hydrogen-bond donors (Lipinski definition) is 0. The van der Waals surface area contributed by atoms with Crippen LogP contribution in [-0.2, 0) is 0 Å². The molecule has 0 heterocycles. The molecule has 1 aromatic carbocycles. The van der Waals surface area contributed by atoms with Gasteiger partial charge in [-0.15, -0.1) is 0 Å². The van der Waals surface area contributed by atoms with Crippen LogP contribution in [0, 0.1) is 20.8 Å². The van der Waals surface area contributed by atoms with Gasteiger partial charge in [-0.3, -0.25) is 4.79 Å². The minimum atomic E-state index is 0.157. The summed E-state index contributed by atoms with van der Waals surface area (Å²) in [4.78, 5) is 11.2. The van der Waals surface area contributed by atoms with E-state index in [0.29, 0.717) is 0 Å². The highest BCUT2D eigenvalue weighted by molar-refractivity contribution is 5.97. The van der Waals surface area contributed by atoms with Crippen molar-refractivity contribution in [2.45, 2.75) is 27.7 Å². The fourth-order valence-electron chi connectivity index (χ4n) is 1.74. The lowest BCUT2D eigenvalue weighted by Crippen LogP contribution is -2.00. The summed E-state index contributed by atoms with van der Waals surface area (Å²) in [5.41, 5.74) is 4.26. The van der Waals surface area contributed by atoms with Gasteiger partial charge in [0.25, 0.3) is 0 Å². The molecule has 1 nitrogen and oxygen atoms in total. The molecule has 64 valence electrons. The number of rotatable bonds is 1. The van der Waals surface area contributed by atoms with E-state index in [1.54, 1.807) is 6.92 Å². The maximum absolute atomic E-state index is 11.2. The molecule has 0 amide bonds. The van der Waals surface area contributed by atoms with Gasteiger partial charge in [-0.25, -0.2) is 0 Å². The second-order valence-electron chi connectivity index (χ2n) is 3.33. The molecule has 0 radical (unpaired) electrons. The summed E-state index contributed by atoms with van der Waals surface area (Å²) in [6.07, 6.45) is 0. The summed E-state index contributed by atoms with van der Waals surface area (Å²) in [6.45, 7) is 7.63. The van der Waals surface area contributed by atoms with Crippen molar-refractivity contribution in [3.63, 3.8) is 0 Å². The van der Waals surface area contributed by atoms with Crippen LogP contribution < -0.4 is 0 Å². The molecule has 0 atom stereocenters.